The second-order valence-corrected chi connectivity index (χ2v) is 3.48. The van der Waals surface area contributed by atoms with Gasteiger partial charge in [-0.2, -0.15) is 0 Å². The van der Waals surface area contributed by atoms with E-state index in [0.717, 1.165) is 12.1 Å². The van der Waals surface area contributed by atoms with Gasteiger partial charge in [-0.05, 0) is 24.0 Å². The van der Waals surface area contributed by atoms with Crippen molar-refractivity contribution in [3.63, 3.8) is 0 Å². The lowest BCUT2D eigenvalue weighted by molar-refractivity contribution is 0.263. The van der Waals surface area contributed by atoms with E-state index in [0.29, 0.717) is 0 Å². The van der Waals surface area contributed by atoms with Crippen molar-refractivity contribution < 1.29 is 23.9 Å². The van der Waals surface area contributed by atoms with Gasteiger partial charge in [0.1, 0.15) is 11.6 Å². The first-order valence-corrected chi connectivity index (χ1v) is 4.66. The molecule has 0 aromatic heterocycles. The zero-order valence-corrected chi connectivity index (χ0v) is 8.40. The highest BCUT2D eigenvalue weighted by atomic mass is 19.1. The maximum Gasteiger partial charge on any atom is 0.488 e. The van der Waals surface area contributed by atoms with Crippen molar-refractivity contribution in [3.8, 4) is 0 Å². The van der Waals surface area contributed by atoms with Crippen molar-refractivity contribution >= 4 is 12.6 Å². The molecule has 1 aromatic carbocycles. The Bertz CT molecular complexity index is 353. The van der Waals surface area contributed by atoms with Gasteiger partial charge in [0, 0.05) is 11.6 Å². The minimum atomic E-state index is -1.93. The molecule has 1 unspecified atom stereocenters. The lowest BCUT2D eigenvalue weighted by Crippen LogP contribution is -2.32. The smallest absolute Gasteiger partial charge is 0.423 e. The first kappa shape index (κ1) is 13.1. The van der Waals surface area contributed by atoms with Crippen LogP contribution in [0, 0.1) is 11.6 Å². The van der Waals surface area contributed by atoms with Gasteiger partial charge in [0.05, 0.1) is 6.61 Å². The molecule has 88 valence electrons. The van der Waals surface area contributed by atoms with E-state index in [-0.39, 0.29) is 24.1 Å². The molecule has 1 rings (SSSR count). The molecule has 0 radical (unpaired) electrons. The van der Waals surface area contributed by atoms with Gasteiger partial charge in [-0.3, -0.25) is 0 Å². The van der Waals surface area contributed by atoms with Crippen LogP contribution in [0.5, 0.6) is 0 Å². The van der Waals surface area contributed by atoms with Crippen molar-refractivity contribution in [1.82, 2.24) is 0 Å². The Morgan fingerprint density at radius 1 is 1.25 bits per heavy atom. The summed E-state index contributed by atoms with van der Waals surface area (Å²) in [5.41, 5.74) is 4.82. The number of hydrogen-bond donors (Lipinski definition) is 4. The first-order chi connectivity index (χ1) is 7.45. The molecule has 0 aliphatic rings. The molecule has 5 N–H and O–H groups in total. The van der Waals surface area contributed by atoms with Crippen molar-refractivity contribution in [1.29, 1.82) is 0 Å². The van der Waals surface area contributed by atoms with Crippen molar-refractivity contribution in [2.24, 2.45) is 5.73 Å². The largest absolute Gasteiger partial charge is 0.488 e. The topological polar surface area (TPSA) is 86.7 Å². The SMILES string of the molecule is NC(CO)Cc1c(F)cc(B(O)O)cc1F. The van der Waals surface area contributed by atoms with E-state index in [4.69, 9.17) is 20.9 Å². The Morgan fingerprint density at radius 3 is 2.12 bits per heavy atom. The Kier molecular flexibility index (Phi) is 4.37. The summed E-state index contributed by atoms with van der Waals surface area (Å²) in [4.78, 5) is 0. The van der Waals surface area contributed by atoms with E-state index in [9.17, 15) is 8.78 Å². The average Bonchev–Trinajstić information content (AvgIpc) is 2.22. The van der Waals surface area contributed by atoms with Crippen LogP contribution in [0.2, 0.25) is 0 Å². The van der Waals surface area contributed by atoms with Gasteiger partial charge in [0.15, 0.2) is 0 Å². The van der Waals surface area contributed by atoms with Gasteiger partial charge < -0.3 is 20.9 Å². The van der Waals surface area contributed by atoms with Gasteiger partial charge in [-0.15, -0.1) is 0 Å². The Balaban J connectivity index is 3.03. The van der Waals surface area contributed by atoms with E-state index >= 15 is 0 Å². The fourth-order valence-electron chi connectivity index (χ4n) is 1.29. The van der Waals surface area contributed by atoms with Crippen LogP contribution in [-0.4, -0.2) is 34.9 Å². The van der Waals surface area contributed by atoms with Crippen molar-refractivity contribution in [3.05, 3.63) is 29.3 Å². The number of hydrogen-bond acceptors (Lipinski definition) is 4. The van der Waals surface area contributed by atoms with Crippen LogP contribution < -0.4 is 11.2 Å². The summed E-state index contributed by atoms with van der Waals surface area (Å²) < 4.78 is 26.7. The lowest BCUT2D eigenvalue weighted by atomic mass is 9.79. The third-order valence-corrected chi connectivity index (χ3v) is 2.16. The summed E-state index contributed by atoms with van der Waals surface area (Å²) >= 11 is 0. The summed E-state index contributed by atoms with van der Waals surface area (Å²) in [6, 6.07) is 0.897. The van der Waals surface area contributed by atoms with E-state index in [1.54, 1.807) is 0 Å². The van der Waals surface area contributed by atoms with Crippen LogP contribution in [0.25, 0.3) is 0 Å². The average molecular weight is 231 g/mol. The Labute approximate surface area is 91.5 Å². The lowest BCUT2D eigenvalue weighted by Gasteiger charge is -2.11. The number of halogens is 2. The molecule has 0 aliphatic carbocycles. The van der Waals surface area contributed by atoms with E-state index < -0.39 is 24.8 Å². The van der Waals surface area contributed by atoms with Gasteiger partial charge >= 0.3 is 7.12 Å². The highest BCUT2D eigenvalue weighted by molar-refractivity contribution is 6.58. The van der Waals surface area contributed by atoms with E-state index in [2.05, 4.69) is 0 Å². The normalized spacial score (nSPS) is 12.6. The Morgan fingerprint density at radius 2 is 1.75 bits per heavy atom. The highest BCUT2D eigenvalue weighted by Gasteiger charge is 2.19. The van der Waals surface area contributed by atoms with Gasteiger partial charge in [0.25, 0.3) is 0 Å². The third kappa shape index (κ3) is 2.99. The van der Waals surface area contributed by atoms with Crippen LogP contribution in [0.4, 0.5) is 8.78 Å². The quantitative estimate of drug-likeness (QED) is 0.475. The molecule has 1 aromatic rings. The Hall–Kier alpha value is -1.02. The molecule has 0 amide bonds. The number of aliphatic hydroxyl groups excluding tert-OH is 1. The summed E-state index contributed by atoms with van der Waals surface area (Å²) in [5.74, 6) is -1.82. The van der Waals surface area contributed by atoms with Crippen molar-refractivity contribution in [2.45, 2.75) is 12.5 Å². The molecule has 0 saturated heterocycles. The number of nitrogens with two attached hydrogens (primary N) is 1. The molecule has 0 bridgehead atoms. The standard InChI is InChI=1S/C9H12BF2NO3/c11-8-1-5(10(15)16)2-9(12)7(8)3-6(13)4-14/h1-2,6,14-16H,3-4,13H2. The zero-order chi connectivity index (χ0) is 12.3. The fourth-order valence-corrected chi connectivity index (χ4v) is 1.29. The number of aliphatic hydroxyl groups is 1. The molecule has 0 heterocycles. The van der Waals surface area contributed by atoms with Crippen LogP contribution >= 0.6 is 0 Å². The maximum absolute atomic E-state index is 13.4. The number of benzene rings is 1. The maximum atomic E-state index is 13.4. The summed E-state index contributed by atoms with van der Waals surface area (Å²) in [7, 11) is -1.93. The first-order valence-electron chi connectivity index (χ1n) is 4.66. The molecule has 0 aliphatic heterocycles. The van der Waals surface area contributed by atoms with Gasteiger partial charge in [0.2, 0.25) is 0 Å². The van der Waals surface area contributed by atoms with Gasteiger partial charge in [-0.1, -0.05) is 0 Å². The molecular formula is C9H12BF2NO3. The molecule has 0 fully saturated rings. The monoisotopic (exact) mass is 231 g/mol. The van der Waals surface area contributed by atoms with Gasteiger partial charge in [-0.25, -0.2) is 8.78 Å². The summed E-state index contributed by atoms with van der Waals surface area (Å²) in [6.45, 7) is -0.386. The van der Waals surface area contributed by atoms with Crippen molar-refractivity contribution in [2.75, 3.05) is 6.61 Å². The summed E-state index contributed by atoms with van der Waals surface area (Å²) in [5, 5.41) is 26.2. The molecule has 0 saturated carbocycles. The van der Waals surface area contributed by atoms with Crippen LogP contribution in [0.3, 0.4) is 0 Å². The molecule has 0 spiro atoms. The molecule has 7 heteroatoms. The highest BCUT2D eigenvalue weighted by Crippen LogP contribution is 2.12. The fraction of sp³-hybridized carbons (Fsp3) is 0.333. The summed E-state index contributed by atoms with van der Waals surface area (Å²) in [6.07, 6.45) is -0.157. The van der Waals surface area contributed by atoms with Crippen LogP contribution in [0.15, 0.2) is 12.1 Å². The van der Waals surface area contributed by atoms with Crippen LogP contribution in [0.1, 0.15) is 5.56 Å². The second-order valence-electron chi connectivity index (χ2n) is 3.48. The molecule has 1 atom stereocenters. The predicted octanol–water partition coefficient (Wildman–Crippen LogP) is -1.49. The molecule has 4 nitrogen and oxygen atoms in total. The van der Waals surface area contributed by atoms with E-state index in [1.165, 1.54) is 0 Å². The number of rotatable bonds is 4. The predicted molar refractivity (Wildman–Crippen MR) is 54.9 cm³/mol. The second kappa shape index (κ2) is 5.35. The zero-order valence-electron chi connectivity index (χ0n) is 8.40. The van der Waals surface area contributed by atoms with Crippen LogP contribution in [-0.2, 0) is 6.42 Å². The minimum absolute atomic E-state index is 0.157. The third-order valence-electron chi connectivity index (χ3n) is 2.16. The van der Waals surface area contributed by atoms with E-state index in [1.807, 2.05) is 0 Å². The molecule has 16 heavy (non-hydrogen) atoms. The minimum Gasteiger partial charge on any atom is -0.423 e. The molecular weight excluding hydrogens is 219 g/mol.